The van der Waals surface area contributed by atoms with Crippen molar-refractivity contribution in [2.75, 3.05) is 13.1 Å². The Morgan fingerprint density at radius 1 is 1.41 bits per heavy atom. The van der Waals surface area contributed by atoms with Gasteiger partial charge in [-0.3, -0.25) is 4.90 Å². The number of fused-ring (bicyclic) bond motifs is 1. The molecule has 0 aromatic carbocycles. The van der Waals surface area contributed by atoms with Crippen LogP contribution in [0.1, 0.15) is 24.7 Å². The van der Waals surface area contributed by atoms with Gasteiger partial charge in [0, 0.05) is 25.0 Å². The Kier molecular flexibility index (Phi) is 2.63. The Labute approximate surface area is 102 Å². The van der Waals surface area contributed by atoms with Gasteiger partial charge in [0.15, 0.2) is 0 Å². The van der Waals surface area contributed by atoms with Crippen molar-refractivity contribution in [3.05, 3.63) is 35.8 Å². The molecule has 0 saturated carbocycles. The molecular formula is C14H19N3. The highest BCUT2D eigenvalue weighted by Crippen LogP contribution is 2.19. The third-order valence-corrected chi connectivity index (χ3v) is 3.75. The smallest absolute Gasteiger partial charge is 0.137 e. The highest BCUT2D eigenvalue weighted by molar-refractivity contribution is 5.42. The van der Waals surface area contributed by atoms with Gasteiger partial charge < -0.3 is 4.40 Å². The summed E-state index contributed by atoms with van der Waals surface area (Å²) in [6.45, 7) is 7.92. The molecule has 0 spiro atoms. The molecule has 2 aromatic heterocycles. The quantitative estimate of drug-likeness (QED) is 0.788. The van der Waals surface area contributed by atoms with E-state index in [0.717, 1.165) is 18.1 Å². The number of hydrogen-bond donors (Lipinski definition) is 0. The van der Waals surface area contributed by atoms with E-state index in [2.05, 4.69) is 41.5 Å². The summed E-state index contributed by atoms with van der Waals surface area (Å²) in [5, 5.41) is 0. The molecule has 1 aliphatic rings. The molecule has 1 saturated heterocycles. The number of likely N-dealkylation sites (tertiary alicyclic amines) is 1. The molecule has 0 bridgehead atoms. The van der Waals surface area contributed by atoms with Crippen LogP contribution in [0.5, 0.6) is 0 Å². The van der Waals surface area contributed by atoms with Crippen molar-refractivity contribution < 1.29 is 0 Å². The maximum atomic E-state index is 4.72. The van der Waals surface area contributed by atoms with Crippen LogP contribution in [-0.4, -0.2) is 27.4 Å². The van der Waals surface area contributed by atoms with Gasteiger partial charge >= 0.3 is 0 Å². The molecule has 17 heavy (non-hydrogen) atoms. The Balaban J connectivity index is 1.88. The fourth-order valence-electron chi connectivity index (χ4n) is 2.70. The van der Waals surface area contributed by atoms with Crippen LogP contribution in [0, 0.1) is 12.8 Å². The van der Waals surface area contributed by atoms with Crippen LogP contribution in [0.15, 0.2) is 24.4 Å². The summed E-state index contributed by atoms with van der Waals surface area (Å²) in [7, 11) is 0. The van der Waals surface area contributed by atoms with E-state index in [4.69, 9.17) is 4.98 Å². The standard InChI is InChI=1S/C14H19N3/c1-11-6-8-16(9-11)10-13-12(2)17-7-4-3-5-14(17)15-13/h3-5,7,11H,6,8-10H2,1-2H3. The van der Waals surface area contributed by atoms with E-state index in [0.29, 0.717) is 0 Å². The van der Waals surface area contributed by atoms with Gasteiger partial charge in [-0.05, 0) is 37.9 Å². The lowest BCUT2D eigenvalue weighted by Gasteiger charge is -2.13. The van der Waals surface area contributed by atoms with Crippen LogP contribution in [0.3, 0.4) is 0 Å². The molecule has 0 aliphatic carbocycles. The molecular weight excluding hydrogens is 210 g/mol. The zero-order valence-corrected chi connectivity index (χ0v) is 10.6. The largest absolute Gasteiger partial charge is 0.304 e. The predicted molar refractivity (Wildman–Crippen MR) is 69.0 cm³/mol. The van der Waals surface area contributed by atoms with Crippen molar-refractivity contribution >= 4 is 5.65 Å². The number of rotatable bonds is 2. The first-order chi connectivity index (χ1) is 8.24. The molecule has 2 aromatic rings. The van der Waals surface area contributed by atoms with E-state index in [1.165, 1.54) is 30.9 Å². The Morgan fingerprint density at radius 3 is 3.00 bits per heavy atom. The maximum Gasteiger partial charge on any atom is 0.137 e. The predicted octanol–water partition coefficient (Wildman–Crippen LogP) is 2.48. The summed E-state index contributed by atoms with van der Waals surface area (Å²) < 4.78 is 2.18. The highest BCUT2D eigenvalue weighted by Gasteiger charge is 2.20. The van der Waals surface area contributed by atoms with Gasteiger partial charge in [0.2, 0.25) is 0 Å². The number of hydrogen-bond acceptors (Lipinski definition) is 2. The monoisotopic (exact) mass is 229 g/mol. The number of pyridine rings is 1. The number of nitrogens with zero attached hydrogens (tertiary/aromatic N) is 3. The molecule has 3 heterocycles. The molecule has 3 nitrogen and oxygen atoms in total. The van der Waals surface area contributed by atoms with Crippen molar-refractivity contribution in [1.82, 2.24) is 14.3 Å². The molecule has 0 N–H and O–H groups in total. The molecule has 1 atom stereocenters. The van der Waals surface area contributed by atoms with E-state index >= 15 is 0 Å². The van der Waals surface area contributed by atoms with Crippen LogP contribution < -0.4 is 0 Å². The molecule has 90 valence electrons. The number of aromatic nitrogens is 2. The Hall–Kier alpha value is -1.35. The minimum absolute atomic E-state index is 0.840. The SMILES string of the molecule is Cc1c(CN2CCC(C)C2)nc2ccccn12. The average Bonchev–Trinajstić information content (AvgIpc) is 2.86. The summed E-state index contributed by atoms with van der Waals surface area (Å²) in [5.74, 6) is 0.840. The van der Waals surface area contributed by atoms with Crippen molar-refractivity contribution in [3.8, 4) is 0 Å². The third-order valence-electron chi connectivity index (χ3n) is 3.75. The third kappa shape index (κ3) is 1.95. The first-order valence-corrected chi connectivity index (χ1v) is 6.39. The summed E-state index contributed by atoms with van der Waals surface area (Å²) >= 11 is 0. The zero-order chi connectivity index (χ0) is 11.8. The van der Waals surface area contributed by atoms with Gasteiger partial charge in [0.25, 0.3) is 0 Å². The van der Waals surface area contributed by atoms with Crippen LogP contribution in [0.25, 0.3) is 5.65 Å². The summed E-state index contributed by atoms with van der Waals surface area (Å²) in [6.07, 6.45) is 3.42. The molecule has 3 heteroatoms. The molecule has 1 aliphatic heterocycles. The number of imidazole rings is 1. The second-order valence-electron chi connectivity index (χ2n) is 5.20. The van der Waals surface area contributed by atoms with E-state index in [9.17, 15) is 0 Å². The first-order valence-electron chi connectivity index (χ1n) is 6.39. The van der Waals surface area contributed by atoms with Crippen molar-refractivity contribution in [2.45, 2.75) is 26.8 Å². The van der Waals surface area contributed by atoms with E-state index in [-0.39, 0.29) is 0 Å². The highest BCUT2D eigenvalue weighted by atomic mass is 15.2. The van der Waals surface area contributed by atoms with Crippen LogP contribution in [-0.2, 0) is 6.54 Å². The fraction of sp³-hybridized carbons (Fsp3) is 0.500. The van der Waals surface area contributed by atoms with Crippen LogP contribution in [0.2, 0.25) is 0 Å². The Morgan fingerprint density at radius 2 is 2.29 bits per heavy atom. The summed E-state index contributed by atoms with van der Waals surface area (Å²) in [4.78, 5) is 7.24. The summed E-state index contributed by atoms with van der Waals surface area (Å²) in [5.41, 5.74) is 3.57. The molecule has 1 fully saturated rings. The number of aryl methyl sites for hydroxylation is 1. The minimum atomic E-state index is 0.840. The lowest BCUT2D eigenvalue weighted by atomic mass is 10.2. The fourth-order valence-corrected chi connectivity index (χ4v) is 2.70. The lowest BCUT2D eigenvalue weighted by Crippen LogP contribution is -2.20. The van der Waals surface area contributed by atoms with Crippen molar-refractivity contribution in [3.63, 3.8) is 0 Å². The topological polar surface area (TPSA) is 20.5 Å². The van der Waals surface area contributed by atoms with Gasteiger partial charge in [-0.1, -0.05) is 13.0 Å². The van der Waals surface area contributed by atoms with E-state index < -0.39 is 0 Å². The molecule has 1 unspecified atom stereocenters. The molecule has 0 radical (unpaired) electrons. The maximum absolute atomic E-state index is 4.72. The Bertz CT molecular complexity index is 529. The van der Waals surface area contributed by atoms with Crippen molar-refractivity contribution in [1.29, 1.82) is 0 Å². The van der Waals surface area contributed by atoms with E-state index in [1.54, 1.807) is 0 Å². The minimum Gasteiger partial charge on any atom is -0.304 e. The second-order valence-corrected chi connectivity index (χ2v) is 5.20. The summed E-state index contributed by atoms with van der Waals surface area (Å²) in [6, 6.07) is 6.18. The van der Waals surface area contributed by atoms with Crippen molar-refractivity contribution in [2.24, 2.45) is 5.92 Å². The van der Waals surface area contributed by atoms with Gasteiger partial charge in [0.05, 0.1) is 5.69 Å². The van der Waals surface area contributed by atoms with Gasteiger partial charge in [-0.2, -0.15) is 0 Å². The van der Waals surface area contributed by atoms with Gasteiger partial charge in [0.1, 0.15) is 5.65 Å². The molecule has 3 rings (SSSR count). The second kappa shape index (κ2) is 4.15. The zero-order valence-electron chi connectivity index (χ0n) is 10.6. The average molecular weight is 229 g/mol. The van der Waals surface area contributed by atoms with E-state index in [1.807, 2.05) is 6.07 Å². The van der Waals surface area contributed by atoms with Gasteiger partial charge in [-0.15, -0.1) is 0 Å². The van der Waals surface area contributed by atoms with Crippen LogP contribution in [0.4, 0.5) is 0 Å². The van der Waals surface area contributed by atoms with Gasteiger partial charge in [-0.25, -0.2) is 4.98 Å². The lowest BCUT2D eigenvalue weighted by molar-refractivity contribution is 0.316. The van der Waals surface area contributed by atoms with Crippen LogP contribution >= 0.6 is 0 Å². The normalized spacial score (nSPS) is 21.4. The molecule has 0 amide bonds. The first kappa shape index (κ1) is 10.8.